The first kappa shape index (κ1) is 9.46. The van der Waals surface area contributed by atoms with Gasteiger partial charge in [0.2, 0.25) is 0 Å². The third kappa shape index (κ3) is 1.58. The van der Waals surface area contributed by atoms with Crippen molar-refractivity contribution in [3.05, 3.63) is 29.8 Å². The van der Waals surface area contributed by atoms with Gasteiger partial charge in [-0.25, -0.2) is 0 Å². The molecular weight excluding hydrogens is 202 g/mol. The van der Waals surface area contributed by atoms with Gasteiger partial charge in [0.15, 0.2) is 6.73 Å². The Hall–Kier alpha value is -1.77. The number of rotatable bonds is 1. The minimum absolute atomic E-state index is 0.339. The normalized spacial score (nSPS) is 18.5. The molecule has 0 saturated carbocycles. The molecule has 1 N–H and O–H groups in total. The number of fused-ring (bicyclic) bond motifs is 1. The fraction of sp³-hybridized carbons (Fsp3) is 0.308. The Morgan fingerprint density at radius 1 is 1.25 bits per heavy atom. The van der Waals surface area contributed by atoms with Crippen molar-refractivity contribution in [1.29, 1.82) is 0 Å². The van der Waals surface area contributed by atoms with E-state index in [0.717, 1.165) is 17.9 Å². The Morgan fingerprint density at radius 2 is 2.19 bits per heavy atom. The number of carbonyl (C=O) groups excluding carboxylic acids is 1. The lowest BCUT2D eigenvalue weighted by atomic mass is 9.93. The van der Waals surface area contributed by atoms with E-state index in [1.807, 2.05) is 12.1 Å². The molecule has 0 bridgehead atoms. The third-order valence-corrected chi connectivity index (χ3v) is 3.09. The topological polar surface area (TPSA) is 38.3 Å². The second kappa shape index (κ2) is 3.67. The maximum Gasteiger partial charge on any atom is 0.159 e. The third-order valence-electron chi connectivity index (χ3n) is 3.09. The molecule has 0 fully saturated rings. The number of hydrogen-bond acceptors (Lipinski definition) is 3. The first-order valence-corrected chi connectivity index (χ1v) is 5.55. The molecule has 1 aliphatic carbocycles. The van der Waals surface area contributed by atoms with Gasteiger partial charge in [0.05, 0.1) is 5.69 Å². The summed E-state index contributed by atoms with van der Waals surface area (Å²) in [5.41, 5.74) is 3.52. The molecule has 82 valence electrons. The predicted molar refractivity (Wildman–Crippen MR) is 62.4 cm³/mol. The lowest BCUT2D eigenvalue weighted by Crippen LogP contribution is -2.03. The number of Topliss-reactive ketones (excluding diaryl/α,β-unsaturated/α-hetero) is 1. The van der Waals surface area contributed by atoms with Crippen LogP contribution >= 0.6 is 0 Å². The van der Waals surface area contributed by atoms with E-state index >= 15 is 0 Å². The molecule has 16 heavy (non-hydrogen) atoms. The summed E-state index contributed by atoms with van der Waals surface area (Å²) in [6, 6.07) is 6.15. The van der Waals surface area contributed by atoms with Gasteiger partial charge in [-0.15, -0.1) is 0 Å². The van der Waals surface area contributed by atoms with Crippen LogP contribution in [0.1, 0.15) is 24.8 Å². The highest BCUT2D eigenvalue weighted by molar-refractivity contribution is 5.87. The van der Waals surface area contributed by atoms with Crippen molar-refractivity contribution < 1.29 is 9.53 Å². The second-order valence-corrected chi connectivity index (χ2v) is 4.15. The highest BCUT2D eigenvalue weighted by atomic mass is 16.5. The van der Waals surface area contributed by atoms with Gasteiger partial charge in [0.1, 0.15) is 11.5 Å². The first-order valence-electron chi connectivity index (χ1n) is 5.55. The van der Waals surface area contributed by atoms with Gasteiger partial charge in [-0.2, -0.15) is 0 Å². The molecule has 3 rings (SSSR count). The number of ketones is 1. The molecule has 0 aromatic heterocycles. The van der Waals surface area contributed by atoms with Crippen molar-refractivity contribution in [3.8, 4) is 5.75 Å². The van der Waals surface area contributed by atoms with Crippen LogP contribution in [-0.2, 0) is 4.79 Å². The summed E-state index contributed by atoms with van der Waals surface area (Å²) < 4.78 is 5.37. The molecular formula is C13H13NO2. The molecule has 3 nitrogen and oxygen atoms in total. The lowest BCUT2D eigenvalue weighted by Gasteiger charge is -2.12. The van der Waals surface area contributed by atoms with E-state index in [-0.39, 0.29) is 0 Å². The Kier molecular flexibility index (Phi) is 2.17. The summed E-state index contributed by atoms with van der Waals surface area (Å²) in [5.74, 6) is 1.25. The minimum Gasteiger partial charge on any atom is -0.471 e. The van der Waals surface area contributed by atoms with Gasteiger partial charge in [-0.3, -0.25) is 4.79 Å². The standard InChI is InChI=1S/C13H13NO2/c15-11-4-1-9(2-5-11)10-3-6-13-12(7-10)14-8-16-13/h1,3,6-7,14H,2,4-5,8H2. The Balaban J connectivity index is 1.92. The van der Waals surface area contributed by atoms with Crippen molar-refractivity contribution in [2.24, 2.45) is 0 Å². The molecule has 0 spiro atoms. The van der Waals surface area contributed by atoms with Crippen LogP contribution in [0.3, 0.4) is 0 Å². The van der Waals surface area contributed by atoms with E-state index in [1.165, 1.54) is 11.1 Å². The van der Waals surface area contributed by atoms with Gasteiger partial charge >= 0.3 is 0 Å². The molecule has 0 radical (unpaired) electrons. The van der Waals surface area contributed by atoms with Gasteiger partial charge < -0.3 is 10.1 Å². The molecule has 1 aromatic carbocycles. The number of ether oxygens (including phenoxy) is 1. The summed E-state index contributed by atoms with van der Waals surface area (Å²) in [4.78, 5) is 11.2. The summed E-state index contributed by atoms with van der Waals surface area (Å²) in [5, 5.41) is 3.17. The number of hydrogen-bond donors (Lipinski definition) is 1. The molecule has 0 amide bonds. The average molecular weight is 215 g/mol. The number of nitrogens with one attached hydrogen (secondary N) is 1. The van der Waals surface area contributed by atoms with E-state index in [1.54, 1.807) is 0 Å². The molecule has 0 unspecified atom stereocenters. The summed E-state index contributed by atoms with van der Waals surface area (Å²) in [7, 11) is 0. The molecule has 3 heteroatoms. The molecule has 0 saturated heterocycles. The highest BCUT2D eigenvalue weighted by Gasteiger charge is 2.15. The number of anilines is 1. The zero-order valence-electron chi connectivity index (χ0n) is 8.95. The van der Waals surface area contributed by atoms with Crippen molar-refractivity contribution in [2.75, 3.05) is 12.0 Å². The van der Waals surface area contributed by atoms with E-state index in [0.29, 0.717) is 25.4 Å². The average Bonchev–Trinajstić information content (AvgIpc) is 2.77. The molecule has 2 aliphatic rings. The van der Waals surface area contributed by atoms with Gasteiger partial charge in [-0.1, -0.05) is 12.1 Å². The monoisotopic (exact) mass is 215 g/mol. The smallest absolute Gasteiger partial charge is 0.159 e. The second-order valence-electron chi connectivity index (χ2n) is 4.15. The Bertz CT molecular complexity index is 477. The van der Waals surface area contributed by atoms with Crippen molar-refractivity contribution in [2.45, 2.75) is 19.3 Å². The Labute approximate surface area is 94.1 Å². The van der Waals surface area contributed by atoms with Gasteiger partial charge in [0, 0.05) is 12.8 Å². The van der Waals surface area contributed by atoms with Crippen LogP contribution in [0.15, 0.2) is 24.3 Å². The van der Waals surface area contributed by atoms with Crippen LogP contribution in [0.2, 0.25) is 0 Å². The van der Waals surface area contributed by atoms with E-state index < -0.39 is 0 Å². The molecule has 1 aliphatic heterocycles. The maximum absolute atomic E-state index is 11.2. The molecule has 1 heterocycles. The van der Waals surface area contributed by atoms with Crippen LogP contribution in [0.5, 0.6) is 5.75 Å². The predicted octanol–water partition coefficient (Wildman–Crippen LogP) is 2.58. The van der Waals surface area contributed by atoms with Gasteiger partial charge in [-0.05, 0) is 29.7 Å². The first-order chi connectivity index (χ1) is 7.83. The van der Waals surface area contributed by atoms with Crippen LogP contribution in [-0.4, -0.2) is 12.5 Å². The van der Waals surface area contributed by atoms with Crippen molar-refractivity contribution in [3.63, 3.8) is 0 Å². The highest BCUT2D eigenvalue weighted by Crippen LogP contribution is 2.34. The van der Waals surface area contributed by atoms with E-state index in [4.69, 9.17) is 4.74 Å². The van der Waals surface area contributed by atoms with E-state index in [2.05, 4.69) is 17.4 Å². The van der Waals surface area contributed by atoms with Crippen LogP contribution in [0.4, 0.5) is 5.69 Å². The summed E-state index contributed by atoms with van der Waals surface area (Å²) >= 11 is 0. The zero-order valence-corrected chi connectivity index (χ0v) is 8.95. The number of carbonyl (C=O) groups is 1. The van der Waals surface area contributed by atoms with Gasteiger partial charge in [0.25, 0.3) is 0 Å². The lowest BCUT2D eigenvalue weighted by molar-refractivity contribution is -0.118. The fourth-order valence-corrected chi connectivity index (χ4v) is 2.16. The van der Waals surface area contributed by atoms with Crippen LogP contribution in [0.25, 0.3) is 5.57 Å². The SMILES string of the molecule is O=C1CC=C(c2ccc3c(c2)NCO3)CC1. The molecule has 0 atom stereocenters. The summed E-state index contributed by atoms with van der Waals surface area (Å²) in [6.07, 6.45) is 4.16. The zero-order chi connectivity index (χ0) is 11.0. The van der Waals surface area contributed by atoms with Crippen LogP contribution < -0.4 is 10.1 Å². The maximum atomic E-state index is 11.2. The fourth-order valence-electron chi connectivity index (χ4n) is 2.16. The van der Waals surface area contributed by atoms with Crippen molar-refractivity contribution in [1.82, 2.24) is 0 Å². The number of benzene rings is 1. The largest absolute Gasteiger partial charge is 0.471 e. The summed E-state index contributed by atoms with van der Waals surface area (Å²) in [6.45, 7) is 0.552. The van der Waals surface area contributed by atoms with E-state index in [9.17, 15) is 4.79 Å². The quantitative estimate of drug-likeness (QED) is 0.782. The minimum atomic E-state index is 0.339. The molecule has 1 aromatic rings. The number of allylic oxidation sites excluding steroid dienone is 2. The van der Waals surface area contributed by atoms with Crippen LogP contribution in [0, 0.1) is 0 Å². The van der Waals surface area contributed by atoms with Crippen molar-refractivity contribution >= 4 is 17.0 Å². The Morgan fingerprint density at radius 3 is 3.00 bits per heavy atom.